The van der Waals surface area contributed by atoms with Gasteiger partial charge in [0.2, 0.25) is 0 Å². The van der Waals surface area contributed by atoms with Crippen molar-refractivity contribution in [2.75, 3.05) is 13.7 Å². The van der Waals surface area contributed by atoms with Crippen molar-refractivity contribution in [1.29, 1.82) is 0 Å². The summed E-state index contributed by atoms with van der Waals surface area (Å²) in [5.74, 6) is 1.59. The Balaban J connectivity index is 1.92. The fourth-order valence-electron chi connectivity index (χ4n) is 1.98. The van der Waals surface area contributed by atoms with Crippen LogP contribution in [0, 0.1) is 5.92 Å². The van der Waals surface area contributed by atoms with Crippen LogP contribution in [-0.4, -0.2) is 13.7 Å². The first kappa shape index (κ1) is 15.9. The first-order valence-corrected chi connectivity index (χ1v) is 8.10. The van der Waals surface area contributed by atoms with Gasteiger partial charge < -0.3 is 10.1 Å². The second-order valence-corrected chi connectivity index (χ2v) is 6.60. The Morgan fingerprint density at radius 3 is 2.48 bits per heavy atom. The SMILES string of the molecule is COc1cccc(Sc2ccc(CNCC(C)C)cc2)c1. The first-order valence-electron chi connectivity index (χ1n) is 7.29. The molecule has 0 aliphatic heterocycles. The number of nitrogens with one attached hydrogen (secondary N) is 1. The van der Waals surface area contributed by atoms with E-state index < -0.39 is 0 Å². The second-order valence-electron chi connectivity index (χ2n) is 5.45. The third-order valence-corrected chi connectivity index (χ3v) is 4.08. The van der Waals surface area contributed by atoms with Gasteiger partial charge in [-0.25, -0.2) is 0 Å². The summed E-state index contributed by atoms with van der Waals surface area (Å²) in [6.45, 7) is 6.43. The number of hydrogen-bond donors (Lipinski definition) is 1. The van der Waals surface area contributed by atoms with Crippen LogP contribution in [0.15, 0.2) is 58.3 Å². The van der Waals surface area contributed by atoms with Crippen LogP contribution >= 0.6 is 11.8 Å². The van der Waals surface area contributed by atoms with Crippen LogP contribution in [0.3, 0.4) is 0 Å². The molecule has 1 N–H and O–H groups in total. The lowest BCUT2D eigenvalue weighted by atomic mass is 10.2. The lowest BCUT2D eigenvalue weighted by Gasteiger charge is -2.08. The molecule has 2 aromatic carbocycles. The van der Waals surface area contributed by atoms with E-state index in [4.69, 9.17) is 4.74 Å². The highest BCUT2D eigenvalue weighted by Crippen LogP contribution is 2.30. The molecule has 2 rings (SSSR count). The lowest BCUT2D eigenvalue weighted by molar-refractivity contribution is 0.413. The zero-order chi connectivity index (χ0) is 15.1. The summed E-state index contributed by atoms with van der Waals surface area (Å²) in [6, 6.07) is 16.9. The summed E-state index contributed by atoms with van der Waals surface area (Å²) >= 11 is 1.75. The molecule has 0 radical (unpaired) electrons. The summed E-state index contributed by atoms with van der Waals surface area (Å²) in [5.41, 5.74) is 1.32. The summed E-state index contributed by atoms with van der Waals surface area (Å²) in [4.78, 5) is 2.44. The summed E-state index contributed by atoms with van der Waals surface area (Å²) in [6.07, 6.45) is 0. The Morgan fingerprint density at radius 2 is 1.81 bits per heavy atom. The smallest absolute Gasteiger partial charge is 0.119 e. The topological polar surface area (TPSA) is 21.3 Å². The Bertz CT molecular complexity index is 551. The maximum absolute atomic E-state index is 5.25. The molecule has 0 aromatic heterocycles. The molecule has 0 amide bonds. The van der Waals surface area contributed by atoms with Crippen LogP contribution in [0.1, 0.15) is 19.4 Å². The zero-order valence-electron chi connectivity index (χ0n) is 12.9. The molecule has 3 heteroatoms. The van der Waals surface area contributed by atoms with Gasteiger partial charge >= 0.3 is 0 Å². The third kappa shape index (κ3) is 5.44. The van der Waals surface area contributed by atoms with Gasteiger partial charge in [0.15, 0.2) is 0 Å². The normalized spacial score (nSPS) is 10.9. The van der Waals surface area contributed by atoms with Crippen molar-refractivity contribution in [2.24, 2.45) is 5.92 Å². The van der Waals surface area contributed by atoms with E-state index >= 15 is 0 Å². The van der Waals surface area contributed by atoms with Crippen molar-refractivity contribution >= 4 is 11.8 Å². The highest BCUT2D eigenvalue weighted by molar-refractivity contribution is 7.99. The van der Waals surface area contributed by atoms with Crippen molar-refractivity contribution in [3.05, 3.63) is 54.1 Å². The minimum atomic E-state index is 0.688. The molecule has 0 heterocycles. The van der Waals surface area contributed by atoms with Gasteiger partial charge in [-0.15, -0.1) is 0 Å². The van der Waals surface area contributed by atoms with Gasteiger partial charge in [-0.2, -0.15) is 0 Å². The molecule has 0 aliphatic rings. The van der Waals surface area contributed by atoms with Gasteiger partial charge in [0.05, 0.1) is 7.11 Å². The van der Waals surface area contributed by atoms with Crippen molar-refractivity contribution in [3.63, 3.8) is 0 Å². The number of rotatable bonds is 7. The van der Waals surface area contributed by atoms with Crippen LogP contribution in [0.4, 0.5) is 0 Å². The maximum atomic E-state index is 5.25. The average Bonchev–Trinajstić information content (AvgIpc) is 2.49. The van der Waals surface area contributed by atoms with Crippen molar-refractivity contribution in [3.8, 4) is 5.75 Å². The number of benzene rings is 2. The molecule has 0 fully saturated rings. The molecular formula is C18H23NOS. The molecule has 112 valence electrons. The van der Waals surface area contributed by atoms with E-state index in [1.54, 1.807) is 18.9 Å². The van der Waals surface area contributed by atoms with E-state index in [1.165, 1.54) is 15.4 Å². The summed E-state index contributed by atoms with van der Waals surface area (Å²) < 4.78 is 5.25. The fraction of sp³-hybridized carbons (Fsp3) is 0.333. The fourth-order valence-corrected chi connectivity index (χ4v) is 2.85. The standard InChI is InChI=1S/C18H23NOS/c1-14(2)12-19-13-15-7-9-17(10-8-15)21-18-6-4-5-16(11-18)20-3/h4-11,14,19H,12-13H2,1-3H3. The Labute approximate surface area is 131 Å². The number of ether oxygens (including phenoxy) is 1. The monoisotopic (exact) mass is 301 g/mol. The molecule has 0 saturated heterocycles. The van der Waals surface area contributed by atoms with Gasteiger partial charge in [-0.1, -0.05) is 43.8 Å². The molecule has 0 saturated carbocycles. The quantitative estimate of drug-likeness (QED) is 0.808. The molecule has 0 atom stereocenters. The first-order chi connectivity index (χ1) is 10.2. The molecule has 0 unspecified atom stereocenters. The Morgan fingerprint density at radius 1 is 1.05 bits per heavy atom. The van der Waals surface area contributed by atoms with Crippen LogP contribution in [0.25, 0.3) is 0 Å². The molecule has 21 heavy (non-hydrogen) atoms. The van der Waals surface area contributed by atoms with E-state index in [0.717, 1.165) is 18.8 Å². The van der Waals surface area contributed by atoms with Crippen LogP contribution in [-0.2, 0) is 6.54 Å². The zero-order valence-corrected chi connectivity index (χ0v) is 13.7. The van der Waals surface area contributed by atoms with Gasteiger partial charge in [0.1, 0.15) is 5.75 Å². The minimum absolute atomic E-state index is 0.688. The molecular weight excluding hydrogens is 278 g/mol. The van der Waals surface area contributed by atoms with Crippen molar-refractivity contribution in [1.82, 2.24) is 5.32 Å². The second kappa shape index (κ2) is 8.11. The number of methoxy groups -OCH3 is 1. The third-order valence-electron chi connectivity index (χ3n) is 3.08. The predicted molar refractivity (Wildman–Crippen MR) is 90.1 cm³/mol. The van der Waals surface area contributed by atoms with Crippen LogP contribution in [0.2, 0.25) is 0 Å². The average molecular weight is 301 g/mol. The van der Waals surface area contributed by atoms with Gasteiger partial charge in [-0.3, -0.25) is 0 Å². The van der Waals surface area contributed by atoms with Crippen molar-refractivity contribution in [2.45, 2.75) is 30.2 Å². The highest BCUT2D eigenvalue weighted by Gasteiger charge is 2.00. The van der Waals surface area contributed by atoms with Crippen LogP contribution < -0.4 is 10.1 Å². The van der Waals surface area contributed by atoms with Gasteiger partial charge in [0, 0.05) is 16.3 Å². The lowest BCUT2D eigenvalue weighted by Crippen LogP contribution is -2.18. The Hall–Kier alpha value is -1.45. The largest absolute Gasteiger partial charge is 0.497 e. The molecule has 0 spiro atoms. The molecule has 0 aliphatic carbocycles. The molecule has 2 nitrogen and oxygen atoms in total. The summed E-state index contributed by atoms with van der Waals surface area (Å²) in [7, 11) is 1.70. The van der Waals surface area contributed by atoms with Crippen LogP contribution in [0.5, 0.6) is 5.75 Å². The summed E-state index contributed by atoms with van der Waals surface area (Å²) in [5, 5.41) is 3.46. The van der Waals surface area contributed by atoms with E-state index in [-0.39, 0.29) is 0 Å². The van der Waals surface area contributed by atoms with Gasteiger partial charge in [0.25, 0.3) is 0 Å². The molecule has 0 bridgehead atoms. The van der Waals surface area contributed by atoms with Gasteiger partial charge in [-0.05, 0) is 48.4 Å². The number of hydrogen-bond acceptors (Lipinski definition) is 3. The molecule has 2 aromatic rings. The Kier molecular flexibility index (Phi) is 6.15. The van der Waals surface area contributed by atoms with E-state index in [1.807, 2.05) is 12.1 Å². The minimum Gasteiger partial charge on any atom is -0.497 e. The van der Waals surface area contributed by atoms with Crippen molar-refractivity contribution < 1.29 is 4.74 Å². The predicted octanol–water partition coefficient (Wildman–Crippen LogP) is 4.59. The van der Waals surface area contributed by atoms with E-state index in [0.29, 0.717) is 5.92 Å². The highest BCUT2D eigenvalue weighted by atomic mass is 32.2. The van der Waals surface area contributed by atoms with E-state index in [2.05, 4.69) is 55.6 Å². The maximum Gasteiger partial charge on any atom is 0.119 e. The van der Waals surface area contributed by atoms with E-state index in [9.17, 15) is 0 Å².